The van der Waals surface area contributed by atoms with Gasteiger partial charge in [-0.15, -0.1) is 0 Å². The minimum Gasteiger partial charge on any atom is -0.360 e. The maximum absolute atomic E-state index is 13.5. The molecule has 3 heterocycles. The maximum atomic E-state index is 13.5. The highest BCUT2D eigenvalue weighted by Gasteiger charge is 2.22. The van der Waals surface area contributed by atoms with Crippen LogP contribution >= 0.6 is 15.9 Å². The predicted molar refractivity (Wildman–Crippen MR) is 145 cm³/mol. The van der Waals surface area contributed by atoms with E-state index >= 15 is 0 Å². The topological polar surface area (TPSA) is 101 Å². The van der Waals surface area contributed by atoms with Gasteiger partial charge in [-0.2, -0.15) is 0 Å². The second-order valence-corrected chi connectivity index (χ2v) is 11.3. The molecule has 0 atom stereocenters. The molecule has 0 aliphatic heterocycles. The molecule has 6 rings (SSSR count). The van der Waals surface area contributed by atoms with Crippen LogP contribution in [0.2, 0.25) is 0 Å². The number of hydrogen-bond acceptors (Lipinski definition) is 4. The first-order chi connectivity index (χ1) is 17.3. The number of nitrogens with one attached hydrogen (secondary N) is 2. The Kier molecular flexibility index (Phi) is 5.20. The summed E-state index contributed by atoms with van der Waals surface area (Å²) in [4.78, 5) is 23.9. The van der Waals surface area contributed by atoms with Gasteiger partial charge in [0.2, 0.25) is 0 Å². The lowest BCUT2D eigenvalue weighted by Gasteiger charge is -2.07. The van der Waals surface area contributed by atoms with E-state index in [4.69, 9.17) is 0 Å². The van der Waals surface area contributed by atoms with E-state index in [2.05, 4.69) is 30.9 Å². The van der Waals surface area contributed by atoms with Crippen LogP contribution in [-0.2, 0) is 10.0 Å². The zero-order valence-corrected chi connectivity index (χ0v) is 21.4. The second kappa shape index (κ2) is 8.32. The van der Waals surface area contributed by atoms with Crippen LogP contribution in [-0.4, -0.2) is 27.3 Å². The summed E-state index contributed by atoms with van der Waals surface area (Å²) in [6.45, 7) is 1.90. The fourth-order valence-corrected chi connectivity index (χ4v) is 6.14. The lowest BCUT2D eigenvalue weighted by Crippen LogP contribution is -2.12. The zero-order valence-electron chi connectivity index (χ0n) is 19.0. The third-order valence-electron chi connectivity index (χ3n) is 6.23. The highest BCUT2D eigenvalue weighted by molar-refractivity contribution is 9.10. The lowest BCUT2D eigenvalue weighted by atomic mass is 10.1. The molecule has 0 saturated carbocycles. The van der Waals surface area contributed by atoms with Crippen molar-refractivity contribution in [2.24, 2.45) is 0 Å². The molecule has 0 unspecified atom stereocenters. The number of nitrogens with zero attached hydrogens (tertiary/aromatic N) is 2. The Morgan fingerprint density at radius 3 is 2.50 bits per heavy atom. The summed E-state index contributed by atoms with van der Waals surface area (Å²) in [7, 11) is -3.85. The molecule has 0 fully saturated rings. The summed E-state index contributed by atoms with van der Waals surface area (Å²) < 4.78 is 29.2. The first-order valence-electron chi connectivity index (χ1n) is 11.1. The van der Waals surface area contributed by atoms with E-state index in [9.17, 15) is 13.2 Å². The molecule has 6 aromatic rings. The van der Waals surface area contributed by atoms with Gasteiger partial charge < -0.3 is 9.97 Å². The number of aromatic amines is 2. The number of aromatic nitrogens is 4. The van der Waals surface area contributed by atoms with Crippen molar-refractivity contribution >= 4 is 47.8 Å². The highest BCUT2D eigenvalue weighted by Crippen LogP contribution is 2.33. The van der Waals surface area contributed by atoms with Crippen LogP contribution in [0, 0.1) is 6.92 Å². The van der Waals surface area contributed by atoms with Crippen molar-refractivity contribution in [2.75, 3.05) is 0 Å². The molecule has 9 heteroatoms. The number of halogens is 1. The van der Waals surface area contributed by atoms with Crippen molar-refractivity contribution < 1.29 is 8.42 Å². The first kappa shape index (κ1) is 22.5. The molecule has 0 bridgehead atoms. The first-order valence-corrected chi connectivity index (χ1v) is 13.4. The van der Waals surface area contributed by atoms with E-state index in [1.807, 2.05) is 37.3 Å². The smallest absolute Gasteiger partial charge is 0.275 e. The second-order valence-electron chi connectivity index (χ2n) is 8.54. The van der Waals surface area contributed by atoms with Crippen molar-refractivity contribution in [3.05, 3.63) is 106 Å². The summed E-state index contributed by atoms with van der Waals surface area (Å²) in [5.41, 5.74) is 3.97. The number of benzene rings is 3. The van der Waals surface area contributed by atoms with Gasteiger partial charge in [0.15, 0.2) is 0 Å². The fraction of sp³-hybridized carbons (Fsp3) is 0.0370. The van der Waals surface area contributed by atoms with Crippen molar-refractivity contribution in [3.63, 3.8) is 0 Å². The summed E-state index contributed by atoms with van der Waals surface area (Å²) in [5.74, 6) is 0. The van der Waals surface area contributed by atoms with E-state index in [0.29, 0.717) is 27.7 Å². The van der Waals surface area contributed by atoms with Crippen LogP contribution in [0.25, 0.3) is 44.3 Å². The standard InChI is InChI=1S/C27H19BrN4O3S/c1-16-6-9-18(10-7-16)36(34,35)32-15-22(20-4-2-3-5-25(20)32)24-14-30-26(27(33)31-24)21-13-29-23-12-17(28)8-11-19(21)23/h2-15,29H,1H3,(H,31,33). The molecule has 3 aromatic heterocycles. The SMILES string of the molecule is Cc1ccc(S(=O)(=O)n2cc(-c3cnc(-c4c[nH]c5cc(Br)ccc45)c(=O)[nH]3)c3ccccc32)cc1. The molecular formula is C27H19BrN4O3S. The van der Waals surface area contributed by atoms with Crippen LogP contribution in [0.4, 0.5) is 0 Å². The van der Waals surface area contributed by atoms with Gasteiger partial charge in [0.1, 0.15) is 5.69 Å². The van der Waals surface area contributed by atoms with Gasteiger partial charge in [0.25, 0.3) is 15.6 Å². The minimum atomic E-state index is -3.85. The van der Waals surface area contributed by atoms with Gasteiger partial charge in [-0.1, -0.05) is 57.9 Å². The lowest BCUT2D eigenvalue weighted by molar-refractivity contribution is 0.589. The highest BCUT2D eigenvalue weighted by atomic mass is 79.9. The fourth-order valence-electron chi connectivity index (χ4n) is 4.41. The van der Waals surface area contributed by atoms with Crippen molar-refractivity contribution in [3.8, 4) is 22.5 Å². The summed E-state index contributed by atoms with van der Waals surface area (Å²) >= 11 is 3.45. The van der Waals surface area contributed by atoms with E-state index in [0.717, 1.165) is 20.9 Å². The Hall–Kier alpha value is -3.95. The minimum absolute atomic E-state index is 0.188. The van der Waals surface area contributed by atoms with Crippen molar-refractivity contribution in [2.45, 2.75) is 11.8 Å². The maximum Gasteiger partial charge on any atom is 0.275 e. The molecular weight excluding hydrogens is 540 g/mol. The van der Waals surface area contributed by atoms with Gasteiger partial charge in [-0.25, -0.2) is 17.4 Å². The van der Waals surface area contributed by atoms with Crippen LogP contribution < -0.4 is 5.56 Å². The Morgan fingerprint density at radius 2 is 1.72 bits per heavy atom. The number of aryl methyl sites for hydroxylation is 1. The Balaban J connectivity index is 1.49. The van der Waals surface area contributed by atoms with Crippen molar-refractivity contribution in [1.29, 1.82) is 0 Å². The van der Waals surface area contributed by atoms with Crippen molar-refractivity contribution in [1.82, 2.24) is 18.9 Å². The average molecular weight is 559 g/mol. The Bertz CT molecular complexity index is 1950. The molecule has 3 aromatic carbocycles. The Morgan fingerprint density at radius 1 is 0.944 bits per heavy atom. The molecule has 0 aliphatic rings. The van der Waals surface area contributed by atoms with Gasteiger partial charge >= 0.3 is 0 Å². The van der Waals surface area contributed by atoms with Gasteiger partial charge in [-0.05, 0) is 37.3 Å². The number of rotatable bonds is 4. The quantitative estimate of drug-likeness (QED) is 0.283. The van der Waals surface area contributed by atoms with Crippen LogP contribution in [0.3, 0.4) is 0 Å². The third kappa shape index (κ3) is 3.59. The van der Waals surface area contributed by atoms with E-state index in [-0.39, 0.29) is 16.1 Å². The third-order valence-corrected chi connectivity index (χ3v) is 8.41. The van der Waals surface area contributed by atoms with E-state index < -0.39 is 10.0 Å². The normalized spacial score (nSPS) is 11.9. The molecule has 0 aliphatic carbocycles. The summed E-state index contributed by atoms with van der Waals surface area (Å²) in [5, 5.41) is 1.57. The molecule has 0 saturated heterocycles. The van der Waals surface area contributed by atoms with Crippen LogP contribution in [0.1, 0.15) is 5.56 Å². The van der Waals surface area contributed by atoms with Gasteiger partial charge in [0, 0.05) is 44.3 Å². The van der Waals surface area contributed by atoms with Gasteiger partial charge in [0.05, 0.1) is 22.3 Å². The van der Waals surface area contributed by atoms with E-state index in [1.54, 1.807) is 48.8 Å². The monoisotopic (exact) mass is 558 g/mol. The van der Waals surface area contributed by atoms with Crippen LogP contribution in [0.5, 0.6) is 0 Å². The molecule has 0 amide bonds. The number of H-pyrrole nitrogens is 2. The summed E-state index contributed by atoms with van der Waals surface area (Å²) in [6.07, 6.45) is 4.86. The summed E-state index contributed by atoms with van der Waals surface area (Å²) in [6, 6.07) is 19.7. The number of hydrogen-bond donors (Lipinski definition) is 2. The average Bonchev–Trinajstić information content (AvgIpc) is 3.46. The van der Waals surface area contributed by atoms with Gasteiger partial charge in [-0.3, -0.25) is 4.79 Å². The van der Waals surface area contributed by atoms with Crippen LogP contribution in [0.15, 0.2) is 99.5 Å². The molecule has 0 spiro atoms. The predicted octanol–water partition coefficient (Wildman–Crippen LogP) is 5.85. The number of fused-ring (bicyclic) bond motifs is 2. The largest absolute Gasteiger partial charge is 0.360 e. The Labute approximate surface area is 214 Å². The zero-order chi connectivity index (χ0) is 25.0. The molecule has 2 N–H and O–H groups in total. The van der Waals surface area contributed by atoms with E-state index in [1.165, 1.54) is 10.2 Å². The molecule has 7 nitrogen and oxygen atoms in total. The molecule has 0 radical (unpaired) electrons. The molecule has 36 heavy (non-hydrogen) atoms. The molecule has 178 valence electrons. The number of para-hydroxylation sites is 1.